The summed E-state index contributed by atoms with van der Waals surface area (Å²) in [5, 5.41) is 0. The second kappa shape index (κ2) is 5.99. The predicted octanol–water partition coefficient (Wildman–Crippen LogP) is 4.17. The first-order chi connectivity index (χ1) is 9.02. The fraction of sp³-hybridized carbons (Fsp3) is 0.500. The van der Waals surface area contributed by atoms with E-state index in [9.17, 15) is 13.6 Å². The van der Waals surface area contributed by atoms with E-state index in [1.54, 1.807) is 6.92 Å². The third-order valence-corrected chi connectivity index (χ3v) is 3.82. The van der Waals surface area contributed by atoms with Crippen molar-refractivity contribution in [3.05, 3.63) is 33.8 Å². The molecule has 0 radical (unpaired) electrons. The third-order valence-electron chi connectivity index (χ3n) is 3.36. The summed E-state index contributed by atoms with van der Waals surface area (Å²) in [7, 11) is 0. The maximum Gasteiger partial charge on any atom is 0.305 e. The average molecular weight is 333 g/mol. The molecule has 1 aromatic rings. The molecule has 1 aliphatic rings. The number of rotatable bonds is 5. The Kier molecular flexibility index (Phi) is 4.55. The SMILES string of the molecule is CCOC(=O)CCC1CC1c1c(F)cc(Br)cc1F. The number of carbonyl (C=O) groups is 1. The van der Waals surface area contributed by atoms with Crippen LogP contribution in [0, 0.1) is 17.6 Å². The highest BCUT2D eigenvalue weighted by Crippen LogP contribution is 2.51. The molecule has 5 heteroatoms. The van der Waals surface area contributed by atoms with Gasteiger partial charge in [0.25, 0.3) is 0 Å². The van der Waals surface area contributed by atoms with Gasteiger partial charge in [-0.1, -0.05) is 15.9 Å². The van der Waals surface area contributed by atoms with Crippen LogP contribution in [0.4, 0.5) is 8.78 Å². The number of hydrogen-bond acceptors (Lipinski definition) is 2. The van der Waals surface area contributed by atoms with Crippen molar-refractivity contribution in [1.82, 2.24) is 0 Å². The van der Waals surface area contributed by atoms with Crippen LogP contribution in [0.3, 0.4) is 0 Å². The molecule has 1 saturated carbocycles. The zero-order valence-electron chi connectivity index (χ0n) is 10.6. The Labute approximate surface area is 119 Å². The van der Waals surface area contributed by atoms with E-state index in [1.807, 2.05) is 0 Å². The molecule has 1 aliphatic carbocycles. The van der Waals surface area contributed by atoms with E-state index in [4.69, 9.17) is 4.74 Å². The number of ether oxygens (including phenoxy) is 1. The molecule has 2 rings (SSSR count). The van der Waals surface area contributed by atoms with Crippen LogP contribution in [0.1, 0.15) is 37.7 Å². The number of carbonyl (C=O) groups excluding carboxylic acids is 1. The zero-order valence-corrected chi connectivity index (χ0v) is 12.2. The monoisotopic (exact) mass is 332 g/mol. The molecule has 2 unspecified atom stereocenters. The van der Waals surface area contributed by atoms with Gasteiger partial charge in [-0.3, -0.25) is 4.79 Å². The van der Waals surface area contributed by atoms with Gasteiger partial charge in [0.1, 0.15) is 11.6 Å². The van der Waals surface area contributed by atoms with Gasteiger partial charge in [0, 0.05) is 16.5 Å². The lowest BCUT2D eigenvalue weighted by atomic mass is 10.1. The molecule has 0 aliphatic heterocycles. The van der Waals surface area contributed by atoms with E-state index in [1.165, 1.54) is 12.1 Å². The summed E-state index contributed by atoms with van der Waals surface area (Å²) in [6.07, 6.45) is 1.67. The van der Waals surface area contributed by atoms with Crippen molar-refractivity contribution in [2.24, 2.45) is 5.92 Å². The second-order valence-corrected chi connectivity index (χ2v) is 5.64. The van der Waals surface area contributed by atoms with Crippen molar-refractivity contribution in [3.63, 3.8) is 0 Å². The van der Waals surface area contributed by atoms with Crippen molar-refractivity contribution in [3.8, 4) is 0 Å². The Bertz CT molecular complexity index is 467. The summed E-state index contributed by atoms with van der Waals surface area (Å²) < 4.78 is 32.7. The molecule has 1 fully saturated rings. The molecule has 0 aromatic heterocycles. The lowest BCUT2D eigenvalue weighted by molar-refractivity contribution is -0.143. The van der Waals surface area contributed by atoms with E-state index in [2.05, 4.69) is 15.9 Å². The van der Waals surface area contributed by atoms with Gasteiger partial charge in [-0.15, -0.1) is 0 Å². The maximum absolute atomic E-state index is 13.7. The van der Waals surface area contributed by atoms with Gasteiger partial charge >= 0.3 is 5.97 Å². The van der Waals surface area contributed by atoms with E-state index < -0.39 is 11.6 Å². The van der Waals surface area contributed by atoms with Crippen LogP contribution in [0.25, 0.3) is 0 Å². The molecule has 0 N–H and O–H groups in total. The first-order valence-corrected chi connectivity index (χ1v) is 7.12. The van der Waals surface area contributed by atoms with Crippen LogP contribution in [0.15, 0.2) is 16.6 Å². The second-order valence-electron chi connectivity index (χ2n) is 4.73. The van der Waals surface area contributed by atoms with Crippen LogP contribution >= 0.6 is 15.9 Å². The largest absolute Gasteiger partial charge is 0.466 e. The minimum Gasteiger partial charge on any atom is -0.466 e. The van der Waals surface area contributed by atoms with Crippen LogP contribution in [0.5, 0.6) is 0 Å². The third kappa shape index (κ3) is 3.53. The molecular formula is C14H15BrF2O2. The molecular weight excluding hydrogens is 318 g/mol. The van der Waals surface area contributed by atoms with Crippen LogP contribution in [-0.4, -0.2) is 12.6 Å². The molecule has 0 heterocycles. The minimum atomic E-state index is -0.518. The minimum absolute atomic E-state index is 0.109. The molecule has 0 saturated heterocycles. The summed E-state index contributed by atoms with van der Waals surface area (Å²) in [6, 6.07) is 2.55. The van der Waals surface area contributed by atoms with Crippen molar-refractivity contribution >= 4 is 21.9 Å². The molecule has 19 heavy (non-hydrogen) atoms. The molecule has 104 valence electrons. The van der Waals surface area contributed by atoms with Gasteiger partial charge in [0.15, 0.2) is 0 Å². The molecule has 2 nitrogen and oxygen atoms in total. The first-order valence-electron chi connectivity index (χ1n) is 6.33. The van der Waals surface area contributed by atoms with Crippen molar-refractivity contribution in [2.75, 3.05) is 6.61 Å². The van der Waals surface area contributed by atoms with Crippen LogP contribution in [0.2, 0.25) is 0 Å². The highest BCUT2D eigenvalue weighted by Gasteiger charge is 2.41. The Morgan fingerprint density at radius 1 is 1.42 bits per heavy atom. The predicted molar refractivity (Wildman–Crippen MR) is 70.8 cm³/mol. The van der Waals surface area contributed by atoms with Crippen molar-refractivity contribution < 1.29 is 18.3 Å². The lowest BCUT2D eigenvalue weighted by Crippen LogP contribution is -2.04. The quantitative estimate of drug-likeness (QED) is 0.756. The van der Waals surface area contributed by atoms with Gasteiger partial charge < -0.3 is 4.74 Å². The number of hydrogen-bond donors (Lipinski definition) is 0. The van der Waals surface area contributed by atoms with Gasteiger partial charge in [0.2, 0.25) is 0 Å². The summed E-state index contributed by atoms with van der Waals surface area (Å²) in [6.45, 7) is 2.12. The van der Waals surface area contributed by atoms with Crippen LogP contribution in [-0.2, 0) is 9.53 Å². The Balaban J connectivity index is 1.94. The smallest absolute Gasteiger partial charge is 0.305 e. The normalized spacial score (nSPS) is 21.3. The highest BCUT2D eigenvalue weighted by molar-refractivity contribution is 9.10. The molecule has 0 amide bonds. The zero-order chi connectivity index (χ0) is 14.0. The highest BCUT2D eigenvalue weighted by atomic mass is 79.9. The van der Waals surface area contributed by atoms with E-state index in [-0.39, 0.29) is 23.4 Å². The molecule has 0 bridgehead atoms. The maximum atomic E-state index is 13.7. The standard InChI is InChI=1S/C14H15BrF2O2/c1-2-19-13(18)4-3-8-5-10(8)14-11(16)6-9(15)7-12(14)17/h6-8,10H,2-5H2,1H3. The fourth-order valence-electron chi connectivity index (χ4n) is 2.36. The number of benzene rings is 1. The van der Waals surface area contributed by atoms with Crippen molar-refractivity contribution in [1.29, 1.82) is 0 Å². The molecule has 2 atom stereocenters. The lowest BCUT2D eigenvalue weighted by Gasteiger charge is -2.05. The fourth-order valence-corrected chi connectivity index (χ4v) is 2.77. The van der Waals surface area contributed by atoms with E-state index >= 15 is 0 Å². The van der Waals surface area contributed by atoms with Gasteiger partial charge in [0.05, 0.1) is 6.61 Å². The van der Waals surface area contributed by atoms with Gasteiger partial charge in [-0.25, -0.2) is 8.78 Å². The molecule has 0 spiro atoms. The van der Waals surface area contributed by atoms with Gasteiger partial charge in [-0.2, -0.15) is 0 Å². The Morgan fingerprint density at radius 2 is 2.05 bits per heavy atom. The first kappa shape index (κ1) is 14.4. The number of esters is 1. The Hall–Kier alpha value is -0.970. The summed E-state index contributed by atoms with van der Waals surface area (Å²) >= 11 is 3.06. The summed E-state index contributed by atoms with van der Waals surface area (Å²) in [4.78, 5) is 11.2. The van der Waals surface area contributed by atoms with E-state index in [0.29, 0.717) is 23.9 Å². The Morgan fingerprint density at radius 3 is 2.63 bits per heavy atom. The molecule has 1 aromatic carbocycles. The van der Waals surface area contributed by atoms with E-state index in [0.717, 1.165) is 6.42 Å². The average Bonchev–Trinajstić information content (AvgIpc) is 3.05. The summed E-state index contributed by atoms with van der Waals surface area (Å²) in [5.74, 6) is -1.21. The topological polar surface area (TPSA) is 26.3 Å². The van der Waals surface area contributed by atoms with Crippen LogP contribution < -0.4 is 0 Å². The number of halogens is 3. The summed E-state index contributed by atoms with van der Waals surface area (Å²) in [5.41, 5.74) is 0.150. The van der Waals surface area contributed by atoms with Crippen molar-refractivity contribution in [2.45, 2.75) is 32.1 Å². The van der Waals surface area contributed by atoms with Gasteiger partial charge in [-0.05, 0) is 43.7 Å².